The van der Waals surface area contributed by atoms with Crippen LogP contribution in [0.5, 0.6) is 0 Å². The van der Waals surface area contributed by atoms with Gasteiger partial charge in [-0.05, 0) is 38.3 Å². The SMILES string of the molecule is Cc1ccc(C)c(C(=O)NC2CCN(CCN)CC2)c1. The van der Waals surface area contributed by atoms with Crippen LogP contribution < -0.4 is 11.1 Å². The maximum Gasteiger partial charge on any atom is 0.251 e. The summed E-state index contributed by atoms with van der Waals surface area (Å²) in [5.74, 6) is 0.0588. The van der Waals surface area contributed by atoms with Crippen LogP contribution >= 0.6 is 0 Å². The lowest BCUT2D eigenvalue weighted by Crippen LogP contribution is -2.45. The van der Waals surface area contributed by atoms with E-state index in [1.54, 1.807) is 0 Å². The van der Waals surface area contributed by atoms with Gasteiger partial charge < -0.3 is 16.0 Å². The molecule has 0 saturated carbocycles. The van der Waals surface area contributed by atoms with Crippen LogP contribution in [0.3, 0.4) is 0 Å². The molecule has 0 radical (unpaired) electrons. The molecule has 1 aromatic carbocycles. The van der Waals surface area contributed by atoms with Gasteiger partial charge in [-0.1, -0.05) is 17.7 Å². The monoisotopic (exact) mass is 275 g/mol. The zero-order valence-corrected chi connectivity index (χ0v) is 12.5. The Morgan fingerprint density at radius 3 is 2.70 bits per heavy atom. The lowest BCUT2D eigenvalue weighted by molar-refractivity contribution is 0.0911. The van der Waals surface area contributed by atoms with Crippen LogP contribution in [-0.2, 0) is 0 Å². The molecule has 1 saturated heterocycles. The maximum atomic E-state index is 12.3. The van der Waals surface area contributed by atoms with Crippen molar-refractivity contribution < 1.29 is 4.79 Å². The molecule has 110 valence electrons. The van der Waals surface area contributed by atoms with Crippen molar-refractivity contribution >= 4 is 5.91 Å². The molecule has 0 unspecified atom stereocenters. The van der Waals surface area contributed by atoms with Crippen LogP contribution in [0.4, 0.5) is 0 Å². The highest BCUT2D eigenvalue weighted by molar-refractivity contribution is 5.96. The van der Waals surface area contributed by atoms with Gasteiger partial charge >= 0.3 is 0 Å². The number of carbonyl (C=O) groups is 1. The number of amides is 1. The number of likely N-dealkylation sites (tertiary alicyclic amines) is 1. The smallest absolute Gasteiger partial charge is 0.251 e. The van der Waals surface area contributed by atoms with Crippen LogP contribution in [0.15, 0.2) is 18.2 Å². The Morgan fingerprint density at radius 2 is 2.05 bits per heavy atom. The quantitative estimate of drug-likeness (QED) is 0.874. The second-order valence-electron chi connectivity index (χ2n) is 5.70. The minimum absolute atomic E-state index is 0.0588. The number of piperidine rings is 1. The van der Waals surface area contributed by atoms with Crippen LogP contribution in [-0.4, -0.2) is 43.0 Å². The summed E-state index contributed by atoms with van der Waals surface area (Å²) in [6.45, 7) is 7.71. The van der Waals surface area contributed by atoms with Crippen molar-refractivity contribution in [3.05, 3.63) is 34.9 Å². The Bertz CT molecular complexity index is 465. The number of nitrogens with two attached hydrogens (primary N) is 1. The van der Waals surface area contributed by atoms with E-state index < -0.39 is 0 Å². The van der Waals surface area contributed by atoms with Crippen LogP contribution in [0, 0.1) is 13.8 Å². The predicted molar refractivity (Wildman–Crippen MR) is 81.9 cm³/mol. The fraction of sp³-hybridized carbons (Fsp3) is 0.562. The number of hydrogen-bond donors (Lipinski definition) is 2. The number of aryl methyl sites for hydroxylation is 2. The van der Waals surface area contributed by atoms with E-state index in [2.05, 4.69) is 10.2 Å². The molecule has 4 nitrogen and oxygen atoms in total. The van der Waals surface area contributed by atoms with E-state index in [4.69, 9.17) is 5.73 Å². The lowest BCUT2D eigenvalue weighted by atomic mass is 10.0. The number of hydrogen-bond acceptors (Lipinski definition) is 3. The van der Waals surface area contributed by atoms with Gasteiger partial charge in [0, 0.05) is 37.8 Å². The van der Waals surface area contributed by atoms with E-state index in [0.717, 1.165) is 49.2 Å². The maximum absolute atomic E-state index is 12.3. The first kappa shape index (κ1) is 15.0. The molecule has 0 atom stereocenters. The van der Waals surface area contributed by atoms with Gasteiger partial charge in [-0.25, -0.2) is 0 Å². The van der Waals surface area contributed by atoms with E-state index in [-0.39, 0.29) is 11.9 Å². The number of nitrogens with one attached hydrogen (secondary N) is 1. The van der Waals surface area contributed by atoms with E-state index in [0.29, 0.717) is 6.54 Å². The van der Waals surface area contributed by atoms with Crippen LogP contribution in [0.25, 0.3) is 0 Å². The summed E-state index contributed by atoms with van der Waals surface area (Å²) in [4.78, 5) is 14.7. The second-order valence-corrected chi connectivity index (χ2v) is 5.70. The molecule has 0 aliphatic carbocycles. The van der Waals surface area contributed by atoms with Gasteiger partial charge in [0.1, 0.15) is 0 Å². The molecule has 4 heteroatoms. The van der Waals surface area contributed by atoms with Crippen molar-refractivity contribution in [2.45, 2.75) is 32.7 Å². The molecule has 1 heterocycles. The van der Waals surface area contributed by atoms with Crippen molar-refractivity contribution in [1.82, 2.24) is 10.2 Å². The Hall–Kier alpha value is -1.39. The number of rotatable bonds is 4. The van der Waals surface area contributed by atoms with Crippen molar-refractivity contribution in [3.63, 3.8) is 0 Å². The molecule has 0 spiro atoms. The number of benzene rings is 1. The van der Waals surface area contributed by atoms with Crippen molar-refractivity contribution in [2.24, 2.45) is 5.73 Å². The van der Waals surface area contributed by atoms with Crippen molar-refractivity contribution in [3.8, 4) is 0 Å². The molecular formula is C16H25N3O. The summed E-state index contributed by atoms with van der Waals surface area (Å²) in [7, 11) is 0. The Kier molecular flexibility index (Phi) is 5.15. The average molecular weight is 275 g/mol. The minimum Gasteiger partial charge on any atom is -0.349 e. The molecule has 20 heavy (non-hydrogen) atoms. The summed E-state index contributed by atoms with van der Waals surface area (Å²) < 4.78 is 0. The van der Waals surface area contributed by atoms with E-state index in [1.807, 2.05) is 32.0 Å². The number of nitrogens with zero attached hydrogens (tertiary/aromatic N) is 1. The number of carbonyl (C=O) groups excluding carboxylic acids is 1. The summed E-state index contributed by atoms with van der Waals surface area (Å²) in [6.07, 6.45) is 2.02. The zero-order chi connectivity index (χ0) is 14.5. The molecule has 0 aromatic heterocycles. The molecule has 1 aliphatic heterocycles. The topological polar surface area (TPSA) is 58.4 Å². The van der Waals surface area contributed by atoms with E-state index >= 15 is 0 Å². The highest BCUT2D eigenvalue weighted by Gasteiger charge is 2.21. The first-order valence-electron chi connectivity index (χ1n) is 7.40. The molecule has 1 aliphatic rings. The van der Waals surface area contributed by atoms with Gasteiger partial charge in [-0.2, -0.15) is 0 Å². The van der Waals surface area contributed by atoms with Crippen LogP contribution in [0.1, 0.15) is 34.3 Å². The zero-order valence-electron chi connectivity index (χ0n) is 12.5. The lowest BCUT2D eigenvalue weighted by Gasteiger charge is -2.32. The highest BCUT2D eigenvalue weighted by Crippen LogP contribution is 2.14. The summed E-state index contributed by atoms with van der Waals surface area (Å²) in [5, 5.41) is 3.17. The van der Waals surface area contributed by atoms with Gasteiger partial charge in [0.2, 0.25) is 0 Å². The van der Waals surface area contributed by atoms with Gasteiger partial charge in [-0.3, -0.25) is 4.79 Å². The van der Waals surface area contributed by atoms with Crippen LogP contribution in [0.2, 0.25) is 0 Å². The van der Waals surface area contributed by atoms with Gasteiger partial charge in [-0.15, -0.1) is 0 Å². The Morgan fingerprint density at radius 1 is 1.35 bits per heavy atom. The average Bonchev–Trinajstić information content (AvgIpc) is 2.44. The molecule has 0 bridgehead atoms. The third-order valence-electron chi connectivity index (χ3n) is 4.01. The standard InChI is InChI=1S/C16H25N3O/c1-12-3-4-13(2)15(11-12)16(20)18-14-5-8-19(9-6-14)10-7-17/h3-4,11,14H,5-10,17H2,1-2H3,(H,18,20). The molecule has 1 amide bonds. The fourth-order valence-corrected chi connectivity index (χ4v) is 2.73. The third-order valence-corrected chi connectivity index (χ3v) is 4.01. The Balaban J connectivity index is 1.91. The second kappa shape index (κ2) is 6.86. The van der Waals surface area contributed by atoms with Crippen molar-refractivity contribution in [1.29, 1.82) is 0 Å². The van der Waals surface area contributed by atoms with Gasteiger partial charge in [0.25, 0.3) is 5.91 Å². The summed E-state index contributed by atoms with van der Waals surface area (Å²) in [5.41, 5.74) is 8.53. The summed E-state index contributed by atoms with van der Waals surface area (Å²) in [6, 6.07) is 6.30. The molecule has 1 fully saturated rings. The van der Waals surface area contributed by atoms with Gasteiger partial charge in [0.15, 0.2) is 0 Å². The minimum atomic E-state index is 0.0588. The Labute approximate surface area is 121 Å². The third kappa shape index (κ3) is 3.81. The molecular weight excluding hydrogens is 250 g/mol. The van der Waals surface area contributed by atoms with E-state index in [9.17, 15) is 4.79 Å². The summed E-state index contributed by atoms with van der Waals surface area (Å²) >= 11 is 0. The molecule has 1 aromatic rings. The van der Waals surface area contributed by atoms with E-state index in [1.165, 1.54) is 0 Å². The molecule has 2 rings (SSSR count). The van der Waals surface area contributed by atoms with Crippen molar-refractivity contribution in [2.75, 3.05) is 26.2 Å². The highest BCUT2D eigenvalue weighted by atomic mass is 16.1. The van der Waals surface area contributed by atoms with Gasteiger partial charge in [0.05, 0.1) is 0 Å². The predicted octanol–water partition coefficient (Wildman–Crippen LogP) is 1.46. The first-order valence-corrected chi connectivity index (χ1v) is 7.40. The fourth-order valence-electron chi connectivity index (χ4n) is 2.73. The molecule has 3 N–H and O–H groups in total. The first-order chi connectivity index (χ1) is 9.60. The largest absolute Gasteiger partial charge is 0.349 e. The normalized spacial score (nSPS) is 17.1.